The predicted molar refractivity (Wildman–Crippen MR) is 89.3 cm³/mol. The van der Waals surface area contributed by atoms with E-state index in [0.717, 1.165) is 25.5 Å². The molecular weight excluding hydrogens is 300 g/mol. The number of amides is 1. The van der Waals surface area contributed by atoms with Gasteiger partial charge in [-0.1, -0.05) is 30.3 Å². The number of unbranched alkanes of at least 4 members (excludes halogenated alkanes) is 1. The number of aryl methyl sites for hydroxylation is 1. The van der Waals surface area contributed by atoms with Gasteiger partial charge in [0.05, 0.1) is 11.8 Å². The number of sulfone groups is 1. The van der Waals surface area contributed by atoms with Crippen LogP contribution in [0.5, 0.6) is 0 Å². The molecule has 5 nitrogen and oxygen atoms in total. The van der Waals surface area contributed by atoms with Gasteiger partial charge in [0.15, 0.2) is 0 Å². The molecule has 124 valence electrons. The number of carbonyl (C=O) groups excluding carboxylic acids is 1. The molecule has 0 bridgehead atoms. The molecule has 1 aromatic rings. The summed E-state index contributed by atoms with van der Waals surface area (Å²) in [5, 5.41) is 0. The normalized spacial score (nSPS) is 12.9. The van der Waals surface area contributed by atoms with Gasteiger partial charge in [-0.3, -0.25) is 4.79 Å². The highest BCUT2D eigenvalue weighted by molar-refractivity contribution is 7.90. The van der Waals surface area contributed by atoms with E-state index in [0.29, 0.717) is 6.54 Å². The minimum absolute atomic E-state index is 0.0538. The van der Waals surface area contributed by atoms with Crippen molar-refractivity contribution in [3.05, 3.63) is 35.9 Å². The van der Waals surface area contributed by atoms with Crippen LogP contribution in [0, 0.1) is 0 Å². The molecule has 1 rings (SSSR count). The van der Waals surface area contributed by atoms with Gasteiger partial charge in [-0.15, -0.1) is 0 Å². The van der Waals surface area contributed by atoms with Gasteiger partial charge in [0.25, 0.3) is 0 Å². The lowest BCUT2D eigenvalue weighted by atomic mass is 10.1. The summed E-state index contributed by atoms with van der Waals surface area (Å²) in [4.78, 5) is 13.6. The average Bonchev–Trinajstić information content (AvgIpc) is 2.48. The van der Waals surface area contributed by atoms with Gasteiger partial charge in [0, 0.05) is 19.8 Å². The number of likely N-dealkylation sites (N-methyl/N-ethyl adjacent to an activating group) is 1. The Morgan fingerprint density at radius 1 is 1.23 bits per heavy atom. The van der Waals surface area contributed by atoms with Crippen molar-refractivity contribution in [3.63, 3.8) is 0 Å². The molecule has 22 heavy (non-hydrogen) atoms. The Kier molecular flexibility index (Phi) is 7.55. The summed E-state index contributed by atoms with van der Waals surface area (Å²) in [6, 6.07) is 9.48. The van der Waals surface area contributed by atoms with E-state index in [-0.39, 0.29) is 18.1 Å². The molecule has 0 aromatic heterocycles. The second-order valence-corrected chi connectivity index (χ2v) is 7.99. The monoisotopic (exact) mass is 326 g/mol. The fourth-order valence-corrected chi connectivity index (χ4v) is 2.86. The first-order valence-corrected chi connectivity index (χ1v) is 9.58. The van der Waals surface area contributed by atoms with Gasteiger partial charge in [-0.25, -0.2) is 8.42 Å². The van der Waals surface area contributed by atoms with Crippen LogP contribution in [0.4, 0.5) is 0 Å². The number of benzene rings is 1. The Labute approximate surface area is 133 Å². The third kappa shape index (κ3) is 7.56. The Hall–Kier alpha value is -1.40. The largest absolute Gasteiger partial charge is 0.344 e. The smallest absolute Gasteiger partial charge is 0.239 e. The zero-order chi connectivity index (χ0) is 16.6. The first kappa shape index (κ1) is 18.6. The Morgan fingerprint density at radius 2 is 1.86 bits per heavy atom. The molecule has 0 aliphatic rings. The zero-order valence-corrected chi connectivity index (χ0v) is 14.2. The molecule has 0 aliphatic heterocycles. The SMILES string of the molecule is CN(CCCCc1ccccc1)C(=O)C(N)CCS(C)(=O)=O. The maximum Gasteiger partial charge on any atom is 0.239 e. The molecule has 0 saturated carbocycles. The van der Waals surface area contributed by atoms with E-state index in [4.69, 9.17) is 5.73 Å². The number of nitrogens with two attached hydrogens (primary N) is 1. The topological polar surface area (TPSA) is 80.5 Å². The van der Waals surface area contributed by atoms with Crippen molar-refractivity contribution in [2.45, 2.75) is 31.7 Å². The molecule has 0 fully saturated rings. The minimum atomic E-state index is -3.08. The molecule has 1 amide bonds. The van der Waals surface area contributed by atoms with Crippen LogP contribution in [-0.4, -0.2) is 50.9 Å². The summed E-state index contributed by atoms with van der Waals surface area (Å²) in [5.41, 5.74) is 7.06. The molecule has 0 saturated heterocycles. The maximum atomic E-state index is 12.0. The third-order valence-electron chi connectivity index (χ3n) is 3.54. The highest BCUT2D eigenvalue weighted by atomic mass is 32.2. The van der Waals surface area contributed by atoms with E-state index in [1.165, 1.54) is 5.56 Å². The standard InChI is InChI=1S/C16H26N2O3S/c1-18(16(19)15(17)11-13-22(2,20)21)12-7-6-10-14-8-4-3-5-9-14/h3-5,8-9,15H,6-7,10-13,17H2,1-2H3. The Morgan fingerprint density at radius 3 is 2.45 bits per heavy atom. The average molecular weight is 326 g/mol. The second kappa shape index (κ2) is 8.90. The number of nitrogens with zero attached hydrogens (tertiary/aromatic N) is 1. The molecule has 2 N–H and O–H groups in total. The summed E-state index contributed by atoms with van der Waals surface area (Å²) < 4.78 is 22.2. The molecule has 1 unspecified atom stereocenters. The molecule has 1 atom stereocenters. The first-order valence-electron chi connectivity index (χ1n) is 7.52. The second-order valence-electron chi connectivity index (χ2n) is 5.73. The fraction of sp³-hybridized carbons (Fsp3) is 0.562. The van der Waals surface area contributed by atoms with Gasteiger partial charge in [-0.05, 0) is 31.2 Å². The molecule has 0 heterocycles. The predicted octanol–water partition coefficient (Wildman–Crippen LogP) is 1.23. The van der Waals surface area contributed by atoms with E-state index in [9.17, 15) is 13.2 Å². The molecular formula is C16H26N2O3S. The van der Waals surface area contributed by atoms with E-state index in [2.05, 4.69) is 12.1 Å². The van der Waals surface area contributed by atoms with Crippen molar-refractivity contribution in [2.24, 2.45) is 5.73 Å². The number of hydrogen-bond donors (Lipinski definition) is 1. The molecule has 1 aromatic carbocycles. The fourth-order valence-electron chi connectivity index (χ4n) is 2.18. The molecule has 6 heteroatoms. The van der Waals surface area contributed by atoms with Crippen LogP contribution in [0.1, 0.15) is 24.8 Å². The third-order valence-corrected chi connectivity index (χ3v) is 4.52. The van der Waals surface area contributed by atoms with Gasteiger partial charge < -0.3 is 10.6 Å². The van der Waals surface area contributed by atoms with Crippen molar-refractivity contribution in [3.8, 4) is 0 Å². The number of hydrogen-bond acceptors (Lipinski definition) is 4. The van der Waals surface area contributed by atoms with Gasteiger partial charge in [-0.2, -0.15) is 0 Å². The van der Waals surface area contributed by atoms with E-state index in [1.807, 2.05) is 18.2 Å². The van der Waals surface area contributed by atoms with Crippen LogP contribution in [0.2, 0.25) is 0 Å². The van der Waals surface area contributed by atoms with Crippen molar-refractivity contribution in [2.75, 3.05) is 25.6 Å². The molecule has 0 spiro atoms. The van der Waals surface area contributed by atoms with E-state index >= 15 is 0 Å². The van der Waals surface area contributed by atoms with Crippen LogP contribution in [0.15, 0.2) is 30.3 Å². The Balaban J connectivity index is 2.26. The molecule has 0 radical (unpaired) electrons. The summed E-state index contributed by atoms with van der Waals surface area (Å²) in [6.45, 7) is 0.637. The summed E-state index contributed by atoms with van der Waals surface area (Å²) in [6.07, 6.45) is 4.21. The van der Waals surface area contributed by atoms with Crippen LogP contribution in [0.3, 0.4) is 0 Å². The van der Waals surface area contributed by atoms with Crippen LogP contribution in [-0.2, 0) is 21.1 Å². The first-order chi connectivity index (χ1) is 10.3. The van der Waals surface area contributed by atoms with Crippen molar-refractivity contribution in [1.82, 2.24) is 4.90 Å². The maximum absolute atomic E-state index is 12.0. The summed E-state index contributed by atoms with van der Waals surface area (Å²) in [7, 11) is -1.37. The van der Waals surface area contributed by atoms with E-state index < -0.39 is 15.9 Å². The lowest BCUT2D eigenvalue weighted by Crippen LogP contribution is -2.43. The van der Waals surface area contributed by atoms with Crippen molar-refractivity contribution >= 4 is 15.7 Å². The zero-order valence-electron chi connectivity index (χ0n) is 13.4. The number of rotatable bonds is 9. The quantitative estimate of drug-likeness (QED) is 0.692. The van der Waals surface area contributed by atoms with Crippen molar-refractivity contribution in [1.29, 1.82) is 0 Å². The highest BCUT2D eigenvalue weighted by Crippen LogP contribution is 2.06. The summed E-state index contributed by atoms with van der Waals surface area (Å²) in [5.74, 6) is -0.245. The lowest BCUT2D eigenvalue weighted by molar-refractivity contribution is -0.131. The minimum Gasteiger partial charge on any atom is -0.344 e. The Bertz CT molecular complexity index is 558. The van der Waals surface area contributed by atoms with Crippen molar-refractivity contribution < 1.29 is 13.2 Å². The number of carbonyl (C=O) groups is 1. The van der Waals surface area contributed by atoms with Crippen LogP contribution in [0.25, 0.3) is 0 Å². The molecule has 0 aliphatic carbocycles. The van der Waals surface area contributed by atoms with Gasteiger partial charge in [0.2, 0.25) is 5.91 Å². The van der Waals surface area contributed by atoms with Gasteiger partial charge >= 0.3 is 0 Å². The summed E-state index contributed by atoms with van der Waals surface area (Å²) >= 11 is 0. The lowest BCUT2D eigenvalue weighted by Gasteiger charge is -2.21. The van der Waals surface area contributed by atoms with E-state index in [1.54, 1.807) is 11.9 Å². The van der Waals surface area contributed by atoms with Gasteiger partial charge in [0.1, 0.15) is 9.84 Å². The van der Waals surface area contributed by atoms with Crippen LogP contribution >= 0.6 is 0 Å². The highest BCUT2D eigenvalue weighted by Gasteiger charge is 2.19. The van der Waals surface area contributed by atoms with Crippen LogP contribution < -0.4 is 5.73 Å².